The van der Waals surface area contributed by atoms with E-state index in [0.29, 0.717) is 0 Å². The zero-order valence-corrected chi connectivity index (χ0v) is 21.6. The molecule has 0 radical (unpaired) electrons. The standard InChI is InChI=1S/C27H26N2O2S.C2H4F3N/c30-19-27(23-15-7-5-13-21(23)22-14-6-8-16-24(22)27)17-9-2-10-18-32-26-28-25(29-31-26)20-11-3-1-4-12-20;3-2(4,5)1-6/h1,3-8,11-16,19,26H,2,9-10,17-18H2,(H,28,29);1,6H2. The highest BCUT2D eigenvalue weighted by molar-refractivity contribution is 7.99. The number of hydrogen-bond donors (Lipinski definition) is 2. The predicted molar refractivity (Wildman–Crippen MR) is 146 cm³/mol. The van der Waals surface area contributed by atoms with Crippen LogP contribution in [0.1, 0.15) is 42.4 Å². The molecule has 5 rings (SSSR count). The van der Waals surface area contributed by atoms with Crippen molar-refractivity contribution in [2.24, 2.45) is 10.7 Å². The number of fused-ring (bicyclic) bond motifs is 3. The minimum atomic E-state index is -4.18. The number of nitrogens with two attached hydrogens (primary N) is 1. The first-order valence-corrected chi connectivity index (χ1v) is 13.5. The third-order valence-electron chi connectivity index (χ3n) is 6.55. The SMILES string of the molecule is NCC(F)(F)F.O=CC1(CCCCCSC2N=C(c3ccccc3)NO2)c2ccccc2-c2ccccc21. The largest absolute Gasteiger partial charge is 0.400 e. The van der Waals surface area contributed by atoms with Gasteiger partial charge in [-0.15, -0.1) is 11.8 Å². The van der Waals surface area contributed by atoms with E-state index in [2.05, 4.69) is 52.6 Å². The number of unbranched alkanes of at least 4 members (excludes halogenated alkanes) is 2. The van der Waals surface area contributed by atoms with Crippen molar-refractivity contribution in [1.82, 2.24) is 5.48 Å². The second-order valence-corrected chi connectivity index (χ2v) is 10.2. The van der Waals surface area contributed by atoms with Crippen molar-refractivity contribution in [3.05, 3.63) is 95.6 Å². The fraction of sp³-hybridized carbons (Fsp3) is 0.310. The molecule has 0 amide bonds. The molecule has 0 fully saturated rings. The number of hydroxylamine groups is 1. The zero-order valence-electron chi connectivity index (χ0n) is 20.8. The highest BCUT2D eigenvalue weighted by Gasteiger charge is 2.42. The lowest BCUT2D eigenvalue weighted by Gasteiger charge is -2.25. The summed E-state index contributed by atoms with van der Waals surface area (Å²) in [5, 5.41) is 0. The average molecular weight is 542 g/mol. The quantitative estimate of drug-likeness (QED) is 0.249. The second kappa shape index (κ2) is 12.6. The minimum Gasteiger partial charge on any atom is -0.323 e. The summed E-state index contributed by atoms with van der Waals surface area (Å²) in [5.74, 6) is 1.76. The number of thioether (sulfide) groups is 1. The lowest BCUT2D eigenvalue weighted by Crippen LogP contribution is -2.27. The van der Waals surface area contributed by atoms with Crippen LogP contribution < -0.4 is 11.2 Å². The smallest absolute Gasteiger partial charge is 0.323 e. The number of aldehydes is 1. The van der Waals surface area contributed by atoms with Crippen LogP contribution >= 0.6 is 11.8 Å². The molecule has 2 aliphatic rings. The number of amidine groups is 1. The van der Waals surface area contributed by atoms with E-state index in [-0.39, 0.29) is 5.56 Å². The number of alkyl halides is 3. The van der Waals surface area contributed by atoms with Crippen molar-refractivity contribution in [2.75, 3.05) is 12.3 Å². The van der Waals surface area contributed by atoms with Gasteiger partial charge in [-0.2, -0.15) is 13.2 Å². The minimum absolute atomic E-state index is 0.208. The topological polar surface area (TPSA) is 76.7 Å². The number of carbonyl (C=O) groups excluding carboxylic acids is 1. The van der Waals surface area contributed by atoms with E-state index < -0.39 is 18.1 Å². The number of hydrogen-bond acceptors (Lipinski definition) is 6. The van der Waals surface area contributed by atoms with Crippen molar-refractivity contribution in [1.29, 1.82) is 0 Å². The van der Waals surface area contributed by atoms with E-state index in [1.807, 2.05) is 42.5 Å². The highest BCUT2D eigenvalue weighted by atomic mass is 32.2. The lowest BCUT2D eigenvalue weighted by atomic mass is 9.75. The number of carbonyl (C=O) groups is 1. The fourth-order valence-electron chi connectivity index (χ4n) is 4.75. The molecule has 38 heavy (non-hydrogen) atoms. The normalized spacial score (nSPS) is 16.9. The van der Waals surface area contributed by atoms with E-state index in [4.69, 9.17) is 4.84 Å². The van der Waals surface area contributed by atoms with E-state index in [1.165, 1.54) is 17.4 Å². The molecule has 0 saturated heterocycles. The predicted octanol–water partition coefficient (Wildman–Crippen LogP) is 6.22. The Labute approximate surface area is 224 Å². The molecule has 3 aromatic rings. The third kappa shape index (κ3) is 6.46. The van der Waals surface area contributed by atoms with Crippen LogP contribution in [0.3, 0.4) is 0 Å². The van der Waals surface area contributed by atoms with Gasteiger partial charge >= 0.3 is 6.18 Å². The molecule has 1 aliphatic heterocycles. The van der Waals surface area contributed by atoms with Gasteiger partial charge in [0.2, 0.25) is 5.56 Å². The van der Waals surface area contributed by atoms with Gasteiger partial charge in [0.25, 0.3) is 0 Å². The molecule has 3 aromatic carbocycles. The number of nitrogens with zero attached hydrogens (tertiary/aromatic N) is 1. The maximum atomic E-state index is 12.5. The van der Waals surface area contributed by atoms with E-state index in [9.17, 15) is 18.0 Å². The van der Waals surface area contributed by atoms with Crippen LogP contribution in [0.25, 0.3) is 11.1 Å². The van der Waals surface area contributed by atoms with Crippen molar-refractivity contribution in [3.8, 4) is 11.1 Å². The van der Waals surface area contributed by atoms with Crippen molar-refractivity contribution >= 4 is 23.9 Å². The van der Waals surface area contributed by atoms with Crippen LogP contribution in [0.15, 0.2) is 83.9 Å². The third-order valence-corrected chi connectivity index (χ3v) is 7.56. The first kappa shape index (κ1) is 27.9. The first-order valence-electron chi connectivity index (χ1n) is 12.5. The van der Waals surface area contributed by atoms with Gasteiger partial charge < -0.3 is 10.5 Å². The van der Waals surface area contributed by atoms with Gasteiger partial charge in [-0.05, 0) is 40.8 Å². The van der Waals surface area contributed by atoms with Crippen LogP contribution in [-0.2, 0) is 15.0 Å². The second-order valence-electron chi connectivity index (χ2n) is 9.05. The van der Waals surface area contributed by atoms with Gasteiger partial charge in [-0.3, -0.25) is 0 Å². The molecule has 1 unspecified atom stereocenters. The summed E-state index contributed by atoms with van der Waals surface area (Å²) < 4.78 is 32.0. The molecule has 0 saturated carbocycles. The zero-order chi connectivity index (χ0) is 27.0. The Kier molecular flexibility index (Phi) is 9.25. The molecular weight excluding hydrogens is 511 g/mol. The van der Waals surface area contributed by atoms with Crippen molar-refractivity contribution < 1.29 is 22.8 Å². The molecule has 0 aromatic heterocycles. The Morgan fingerprint density at radius 1 is 0.921 bits per heavy atom. The summed E-state index contributed by atoms with van der Waals surface area (Å²) in [7, 11) is 0. The molecule has 0 bridgehead atoms. The highest BCUT2D eigenvalue weighted by Crippen LogP contribution is 2.50. The molecule has 200 valence electrons. The van der Waals surface area contributed by atoms with Gasteiger partial charge in [0.1, 0.15) is 6.29 Å². The van der Waals surface area contributed by atoms with Gasteiger partial charge in [0, 0.05) is 5.56 Å². The summed E-state index contributed by atoms with van der Waals surface area (Å²) >= 11 is 1.71. The molecule has 1 atom stereocenters. The lowest BCUT2D eigenvalue weighted by molar-refractivity contribution is -0.118. The molecule has 5 nitrogen and oxygen atoms in total. The van der Waals surface area contributed by atoms with Crippen molar-refractivity contribution in [3.63, 3.8) is 0 Å². The maximum Gasteiger partial charge on any atom is 0.400 e. The van der Waals surface area contributed by atoms with Crippen LogP contribution in [-0.4, -0.2) is 36.2 Å². The summed E-state index contributed by atoms with van der Waals surface area (Å²) in [5.41, 5.74) is 12.1. The van der Waals surface area contributed by atoms with Crippen LogP contribution in [0, 0.1) is 0 Å². The Morgan fingerprint density at radius 3 is 2.08 bits per heavy atom. The van der Waals surface area contributed by atoms with Crippen LogP contribution in [0.5, 0.6) is 0 Å². The Morgan fingerprint density at radius 2 is 1.50 bits per heavy atom. The average Bonchev–Trinajstić information content (AvgIpc) is 3.53. The molecule has 0 spiro atoms. The summed E-state index contributed by atoms with van der Waals surface area (Å²) in [4.78, 5) is 22.6. The Hall–Kier alpha value is -3.14. The van der Waals surface area contributed by atoms with E-state index >= 15 is 0 Å². The van der Waals surface area contributed by atoms with E-state index in [1.54, 1.807) is 11.8 Å². The molecular formula is C29H30F3N3O2S. The molecule has 9 heteroatoms. The number of benzene rings is 3. The maximum absolute atomic E-state index is 12.5. The summed E-state index contributed by atoms with van der Waals surface area (Å²) in [6, 6.07) is 26.7. The van der Waals surface area contributed by atoms with Gasteiger partial charge in [-0.1, -0.05) is 91.7 Å². The number of aliphatic imine (C=N–C) groups is 1. The number of halogens is 3. The summed E-state index contributed by atoms with van der Waals surface area (Å²) in [6.07, 6.45) is 0.975. The van der Waals surface area contributed by atoms with Gasteiger partial charge in [-0.25, -0.2) is 15.3 Å². The molecule has 1 heterocycles. The number of rotatable bonds is 9. The Bertz CT molecular complexity index is 1210. The Balaban J connectivity index is 0.000000505. The van der Waals surface area contributed by atoms with Crippen LogP contribution in [0.2, 0.25) is 0 Å². The summed E-state index contributed by atoms with van der Waals surface area (Å²) in [6.45, 7) is -1.23. The molecule has 3 N–H and O–H groups in total. The fourth-order valence-corrected chi connectivity index (χ4v) is 5.61. The molecule has 1 aliphatic carbocycles. The number of nitrogens with one attached hydrogen (secondary N) is 1. The van der Waals surface area contributed by atoms with E-state index in [0.717, 1.165) is 54.0 Å². The van der Waals surface area contributed by atoms with Gasteiger partial charge in [0.05, 0.1) is 12.0 Å². The first-order chi connectivity index (χ1) is 18.4. The monoisotopic (exact) mass is 541 g/mol. The van der Waals surface area contributed by atoms with Crippen molar-refractivity contribution in [2.45, 2.75) is 42.8 Å². The van der Waals surface area contributed by atoms with Gasteiger partial charge in [0.15, 0.2) is 5.84 Å². The van der Waals surface area contributed by atoms with Crippen LogP contribution in [0.4, 0.5) is 13.2 Å².